The van der Waals surface area contributed by atoms with Gasteiger partial charge in [0.1, 0.15) is 6.54 Å². The Bertz CT molecular complexity index is 575. The van der Waals surface area contributed by atoms with E-state index in [9.17, 15) is 4.79 Å². The zero-order chi connectivity index (χ0) is 20.2. The minimum atomic E-state index is -0.0106. The second kappa shape index (κ2) is 14.6. The highest BCUT2D eigenvalue weighted by molar-refractivity contribution is 14.0. The van der Waals surface area contributed by atoms with Crippen molar-refractivity contribution in [2.24, 2.45) is 4.99 Å². The van der Waals surface area contributed by atoms with E-state index in [0.717, 1.165) is 26.1 Å². The Labute approximate surface area is 188 Å². The van der Waals surface area contributed by atoms with Crippen LogP contribution in [0.25, 0.3) is 0 Å². The van der Waals surface area contributed by atoms with Crippen LogP contribution in [-0.4, -0.2) is 68.0 Å². The summed E-state index contributed by atoms with van der Waals surface area (Å²) in [5, 5.41) is 6.85. The number of guanidine groups is 1. The van der Waals surface area contributed by atoms with E-state index in [2.05, 4.69) is 72.5 Å². The highest BCUT2D eigenvalue weighted by atomic mass is 127. The number of aliphatic imine (C=N–C) groups is 1. The highest BCUT2D eigenvalue weighted by Gasteiger charge is 2.18. The molecule has 28 heavy (non-hydrogen) atoms. The van der Waals surface area contributed by atoms with Crippen LogP contribution in [0.3, 0.4) is 0 Å². The average molecular weight is 503 g/mol. The molecule has 0 bridgehead atoms. The highest BCUT2D eigenvalue weighted by Crippen LogP contribution is 2.19. The Kier molecular flexibility index (Phi) is 13.9. The summed E-state index contributed by atoms with van der Waals surface area (Å²) in [6.45, 7) is 11.4. The molecule has 0 aliphatic carbocycles. The summed E-state index contributed by atoms with van der Waals surface area (Å²) in [5.74, 6) is 0.677. The fourth-order valence-electron chi connectivity index (χ4n) is 2.77. The van der Waals surface area contributed by atoms with Crippen LogP contribution in [0, 0.1) is 0 Å². The van der Waals surface area contributed by atoms with Gasteiger partial charge in [0.05, 0.1) is 6.04 Å². The van der Waals surface area contributed by atoms with Crippen LogP contribution < -0.4 is 10.6 Å². The largest absolute Gasteiger partial charge is 0.354 e. The van der Waals surface area contributed by atoms with Crippen molar-refractivity contribution in [3.05, 3.63) is 35.9 Å². The molecule has 160 valence electrons. The molecular formula is C21H38IN5O. The van der Waals surface area contributed by atoms with Crippen LogP contribution in [0.4, 0.5) is 0 Å². The van der Waals surface area contributed by atoms with Crippen LogP contribution in [0.1, 0.15) is 45.7 Å². The number of rotatable bonds is 10. The topological polar surface area (TPSA) is 60.0 Å². The molecule has 2 N–H and O–H groups in total. The lowest BCUT2D eigenvalue weighted by molar-refractivity contribution is -0.127. The van der Waals surface area contributed by atoms with Gasteiger partial charge in [0.25, 0.3) is 0 Å². The molecule has 0 aromatic heterocycles. The molecule has 0 heterocycles. The van der Waals surface area contributed by atoms with Crippen LogP contribution in [0.5, 0.6) is 0 Å². The molecule has 0 fully saturated rings. The van der Waals surface area contributed by atoms with Gasteiger partial charge in [0.2, 0.25) is 5.91 Å². The molecule has 1 amide bonds. The molecule has 1 rings (SSSR count). The third kappa shape index (κ3) is 9.23. The summed E-state index contributed by atoms with van der Waals surface area (Å²) < 4.78 is 0. The zero-order valence-electron chi connectivity index (χ0n) is 18.2. The van der Waals surface area contributed by atoms with Gasteiger partial charge in [-0.1, -0.05) is 51.1 Å². The Morgan fingerprint density at radius 2 is 1.71 bits per heavy atom. The number of halogens is 1. The Balaban J connectivity index is 0.00000729. The predicted molar refractivity (Wildman–Crippen MR) is 129 cm³/mol. The first kappa shape index (κ1) is 26.6. The average Bonchev–Trinajstić information content (AvgIpc) is 2.68. The van der Waals surface area contributed by atoms with Crippen LogP contribution in [0.2, 0.25) is 0 Å². The number of nitrogens with one attached hydrogen (secondary N) is 2. The Morgan fingerprint density at radius 3 is 2.21 bits per heavy atom. The fraction of sp³-hybridized carbons (Fsp3) is 0.619. The van der Waals surface area contributed by atoms with Gasteiger partial charge in [-0.05, 0) is 32.0 Å². The van der Waals surface area contributed by atoms with E-state index in [1.807, 2.05) is 6.07 Å². The van der Waals surface area contributed by atoms with E-state index in [-0.39, 0.29) is 48.5 Å². The van der Waals surface area contributed by atoms with Crippen molar-refractivity contribution in [3.63, 3.8) is 0 Å². The molecule has 0 saturated heterocycles. The monoisotopic (exact) mass is 503 g/mol. The maximum Gasteiger partial charge on any atom is 0.243 e. The number of amides is 1. The van der Waals surface area contributed by atoms with Gasteiger partial charge >= 0.3 is 0 Å². The van der Waals surface area contributed by atoms with Crippen molar-refractivity contribution in [1.82, 2.24) is 20.4 Å². The summed E-state index contributed by atoms with van der Waals surface area (Å²) in [4.78, 5) is 20.4. The quantitative estimate of drug-likeness (QED) is 0.293. The van der Waals surface area contributed by atoms with Gasteiger partial charge in [-0.3, -0.25) is 9.69 Å². The molecule has 0 spiro atoms. The molecule has 1 aromatic carbocycles. The van der Waals surface area contributed by atoms with Crippen LogP contribution >= 0.6 is 24.0 Å². The molecule has 2 atom stereocenters. The minimum Gasteiger partial charge on any atom is -0.354 e. The molecule has 6 nitrogen and oxygen atoms in total. The number of nitrogens with zero attached hydrogens (tertiary/aromatic N) is 3. The molecule has 7 heteroatoms. The number of hydrogen-bond donors (Lipinski definition) is 2. The first-order valence-corrected chi connectivity index (χ1v) is 9.96. The first-order chi connectivity index (χ1) is 12.9. The van der Waals surface area contributed by atoms with Crippen LogP contribution in [0.15, 0.2) is 35.3 Å². The first-order valence-electron chi connectivity index (χ1n) is 9.96. The number of likely N-dealkylation sites (N-methyl/N-ethyl adjacent to an activating group) is 2. The van der Waals surface area contributed by atoms with Gasteiger partial charge in [-0.2, -0.15) is 0 Å². The smallest absolute Gasteiger partial charge is 0.243 e. The third-order valence-corrected chi connectivity index (χ3v) is 4.77. The van der Waals surface area contributed by atoms with Crippen molar-refractivity contribution in [2.75, 3.05) is 40.3 Å². The van der Waals surface area contributed by atoms with Crippen molar-refractivity contribution < 1.29 is 4.79 Å². The van der Waals surface area contributed by atoms with Gasteiger partial charge in [0.15, 0.2) is 5.96 Å². The third-order valence-electron chi connectivity index (χ3n) is 4.77. The van der Waals surface area contributed by atoms with E-state index >= 15 is 0 Å². The van der Waals surface area contributed by atoms with E-state index in [4.69, 9.17) is 0 Å². The summed E-state index contributed by atoms with van der Waals surface area (Å²) in [6, 6.07) is 11.1. The lowest BCUT2D eigenvalue weighted by atomic mass is 10.1. The zero-order valence-corrected chi connectivity index (χ0v) is 20.6. The SMILES string of the molecule is CCC(C)NC(=NCC(=O)N(C)C)NCC(c1ccccc1)N(CC)CC.I. The maximum absolute atomic E-state index is 11.9. The molecule has 1 aromatic rings. The molecule has 0 aliphatic rings. The van der Waals surface area contributed by atoms with Gasteiger partial charge in [0, 0.05) is 26.7 Å². The van der Waals surface area contributed by atoms with E-state index in [0.29, 0.717) is 5.96 Å². The van der Waals surface area contributed by atoms with Crippen molar-refractivity contribution in [1.29, 1.82) is 0 Å². The van der Waals surface area contributed by atoms with Gasteiger partial charge < -0.3 is 15.5 Å². The minimum absolute atomic E-state index is 0. The number of carbonyl (C=O) groups is 1. The molecule has 0 radical (unpaired) electrons. The van der Waals surface area contributed by atoms with E-state index < -0.39 is 0 Å². The van der Waals surface area contributed by atoms with Crippen molar-refractivity contribution >= 4 is 35.8 Å². The molecule has 2 unspecified atom stereocenters. The summed E-state index contributed by atoms with van der Waals surface area (Å²) in [7, 11) is 3.50. The Hall–Kier alpha value is -1.35. The predicted octanol–water partition coefficient (Wildman–Crippen LogP) is 3.11. The van der Waals surface area contributed by atoms with Gasteiger partial charge in [-0.15, -0.1) is 24.0 Å². The maximum atomic E-state index is 11.9. The summed E-state index contributed by atoms with van der Waals surface area (Å²) in [5.41, 5.74) is 1.28. The molecular weight excluding hydrogens is 465 g/mol. The normalized spacial score (nSPS) is 13.5. The lowest BCUT2D eigenvalue weighted by Gasteiger charge is -2.31. The summed E-state index contributed by atoms with van der Waals surface area (Å²) in [6.07, 6.45) is 0.987. The second-order valence-electron chi connectivity index (χ2n) is 6.94. The fourth-order valence-corrected chi connectivity index (χ4v) is 2.77. The standard InChI is InChI=1S/C21H37N5O.HI/c1-7-17(4)24-21(23-16-20(27)25(5)6)22-15-19(26(8-2)9-3)18-13-11-10-12-14-18;/h10-14,17,19H,7-9,15-16H2,1-6H3,(H2,22,23,24);1H. The van der Waals surface area contributed by atoms with Crippen molar-refractivity contribution in [3.8, 4) is 0 Å². The summed E-state index contributed by atoms with van der Waals surface area (Å²) >= 11 is 0. The molecule has 0 saturated carbocycles. The number of benzene rings is 1. The number of carbonyl (C=O) groups excluding carboxylic acids is 1. The second-order valence-corrected chi connectivity index (χ2v) is 6.94. The lowest BCUT2D eigenvalue weighted by Crippen LogP contribution is -2.46. The number of hydrogen-bond acceptors (Lipinski definition) is 3. The van der Waals surface area contributed by atoms with E-state index in [1.54, 1.807) is 19.0 Å². The van der Waals surface area contributed by atoms with Crippen LogP contribution in [-0.2, 0) is 4.79 Å². The Morgan fingerprint density at radius 1 is 1.11 bits per heavy atom. The molecule has 0 aliphatic heterocycles. The van der Waals surface area contributed by atoms with E-state index in [1.165, 1.54) is 5.56 Å². The van der Waals surface area contributed by atoms with Crippen molar-refractivity contribution in [2.45, 2.75) is 46.2 Å². The van der Waals surface area contributed by atoms with Gasteiger partial charge in [-0.25, -0.2) is 4.99 Å².